The van der Waals surface area contributed by atoms with E-state index in [9.17, 15) is 4.79 Å². The molecular weight excluding hydrogens is 226 g/mol. The van der Waals surface area contributed by atoms with Gasteiger partial charge in [-0.15, -0.1) is 11.6 Å². The number of hydrogen-bond donors (Lipinski definition) is 1. The van der Waals surface area contributed by atoms with Crippen molar-refractivity contribution in [3.05, 3.63) is 35.9 Å². The van der Waals surface area contributed by atoms with Gasteiger partial charge in [0.1, 0.15) is 6.10 Å². The standard InChI is InChI=1S/C12H16ClNO2/c1-10(15)16-12(7-13)9-14-8-11-5-3-2-4-6-11/h2-6,12,14H,7-9H2,1H3. The van der Waals surface area contributed by atoms with Crippen molar-refractivity contribution in [3.63, 3.8) is 0 Å². The van der Waals surface area contributed by atoms with E-state index in [0.717, 1.165) is 6.54 Å². The van der Waals surface area contributed by atoms with E-state index in [0.29, 0.717) is 12.4 Å². The molecule has 1 unspecified atom stereocenters. The average Bonchev–Trinajstić information content (AvgIpc) is 2.28. The first-order valence-electron chi connectivity index (χ1n) is 5.20. The lowest BCUT2D eigenvalue weighted by Gasteiger charge is -2.14. The summed E-state index contributed by atoms with van der Waals surface area (Å²) in [5.74, 6) is 0.00799. The van der Waals surface area contributed by atoms with Crippen molar-refractivity contribution in [2.75, 3.05) is 12.4 Å². The van der Waals surface area contributed by atoms with Crippen LogP contribution >= 0.6 is 11.6 Å². The van der Waals surface area contributed by atoms with Crippen LogP contribution in [0.3, 0.4) is 0 Å². The molecule has 0 aliphatic heterocycles. The first-order chi connectivity index (χ1) is 7.72. The Morgan fingerprint density at radius 3 is 2.69 bits per heavy atom. The van der Waals surface area contributed by atoms with Gasteiger partial charge in [0, 0.05) is 20.0 Å². The first kappa shape index (κ1) is 13.0. The van der Waals surface area contributed by atoms with Gasteiger partial charge < -0.3 is 10.1 Å². The highest BCUT2D eigenvalue weighted by molar-refractivity contribution is 6.18. The van der Waals surface area contributed by atoms with Gasteiger partial charge in [-0.2, -0.15) is 0 Å². The number of nitrogens with one attached hydrogen (secondary N) is 1. The summed E-state index contributed by atoms with van der Waals surface area (Å²) >= 11 is 5.68. The minimum atomic E-state index is -0.299. The molecule has 0 aliphatic rings. The summed E-state index contributed by atoms with van der Waals surface area (Å²) in [5, 5.41) is 3.20. The lowest BCUT2D eigenvalue weighted by molar-refractivity contribution is -0.145. The van der Waals surface area contributed by atoms with Gasteiger partial charge in [-0.25, -0.2) is 0 Å². The SMILES string of the molecule is CC(=O)OC(CCl)CNCc1ccccc1. The molecule has 0 aliphatic carbocycles. The fourth-order valence-electron chi connectivity index (χ4n) is 1.34. The third-order valence-corrected chi connectivity index (χ3v) is 2.39. The van der Waals surface area contributed by atoms with Crippen molar-refractivity contribution in [1.82, 2.24) is 5.32 Å². The highest BCUT2D eigenvalue weighted by Crippen LogP contribution is 1.99. The number of esters is 1. The summed E-state index contributed by atoms with van der Waals surface area (Å²) in [5.41, 5.74) is 1.19. The Morgan fingerprint density at radius 1 is 1.44 bits per heavy atom. The number of ether oxygens (including phenoxy) is 1. The molecule has 0 saturated heterocycles. The van der Waals surface area contributed by atoms with Crippen molar-refractivity contribution < 1.29 is 9.53 Å². The van der Waals surface area contributed by atoms with Crippen molar-refractivity contribution in [2.24, 2.45) is 0 Å². The molecule has 88 valence electrons. The maximum absolute atomic E-state index is 10.7. The Kier molecular flexibility index (Phi) is 5.90. The molecule has 16 heavy (non-hydrogen) atoms. The highest BCUT2D eigenvalue weighted by Gasteiger charge is 2.09. The topological polar surface area (TPSA) is 38.3 Å². The van der Waals surface area contributed by atoms with Crippen molar-refractivity contribution >= 4 is 17.6 Å². The first-order valence-corrected chi connectivity index (χ1v) is 5.73. The Labute approximate surface area is 101 Å². The average molecular weight is 242 g/mol. The number of benzene rings is 1. The third kappa shape index (κ3) is 5.14. The van der Waals surface area contributed by atoms with Gasteiger partial charge in [-0.1, -0.05) is 30.3 Å². The second-order valence-electron chi connectivity index (χ2n) is 3.50. The van der Waals surface area contributed by atoms with E-state index in [4.69, 9.17) is 16.3 Å². The van der Waals surface area contributed by atoms with Crippen LogP contribution in [-0.2, 0) is 16.1 Å². The molecule has 1 N–H and O–H groups in total. The van der Waals surface area contributed by atoms with Crippen LogP contribution in [0.25, 0.3) is 0 Å². The molecule has 0 radical (unpaired) electrons. The molecule has 1 aromatic carbocycles. The van der Waals surface area contributed by atoms with Crippen LogP contribution in [0.15, 0.2) is 30.3 Å². The van der Waals surface area contributed by atoms with E-state index >= 15 is 0 Å². The largest absolute Gasteiger partial charge is 0.460 e. The number of carbonyl (C=O) groups excluding carboxylic acids is 1. The maximum atomic E-state index is 10.7. The van der Waals surface area contributed by atoms with Gasteiger partial charge in [0.15, 0.2) is 0 Å². The zero-order chi connectivity index (χ0) is 11.8. The molecule has 3 nitrogen and oxygen atoms in total. The van der Waals surface area contributed by atoms with Crippen LogP contribution in [0.2, 0.25) is 0 Å². The summed E-state index contributed by atoms with van der Waals surface area (Å²) in [4.78, 5) is 10.7. The minimum absolute atomic E-state index is 0.261. The molecule has 0 spiro atoms. The molecule has 4 heteroatoms. The summed E-state index contributed by atoms with van der Waals surface area (Å²) in [6.07, 6.45) is -0.261. The second kappa shape index (κ2) is 7.25. The van der Waals surface area contributed by atoms with Gasteiger partial charge in [0.25, 0.3) is 0 Å². The molecule has 1 atom stereocenters. The van der Waals surface area contributed by atoms with Crippen molar-refractivity contribution in [2.45, 2.75) is 19.6 Å². The van der Waals surface area contributed by atoms with Gasteiger partial charge >= 0.3 is 5.97 Å². The maximum Gasteiger partial charge on any atom is 0.302 e. The van der Waals surface area contributed by atoms with Crippen molar-refractivity contribution in [3.8, 4) is 0 Å². The molecule has 0 aromatic heterocycles. The smallest absolute Gasteiger partial charge is 0.302 e. The second-order valence-corrected chi connectivity index (χ2v) is 3.81. The Hall–Kier alpha value is -1.06. The summed E-state index contributed by atoms with van der Waals surface area (Å²) in [7, 11) is 0. The zero-order valence-electron chi connectivity index (χ0n) is 9.28. The fraction of sp³-hybridized carbons (Fsp3) is 0.417. The van der Waals surface area contributed by atoms with Crippen LogP contribution in [-0.4, -0.2) is 24.5 Å². The van der Waals surface area contributed by atoms with E-state index in [2.05, 4.69) is 5.32 Å². The quantitative estimate of drug-likeness (QED) is 0.611. The minimum Gasteiger partial charge on any atom is -0.460 e. The predicted molar refractivity (Wildman–Crippen MR) is 64.4 cm³/mol. The molecule has 0 bridgehead atoms. The van der Waals surface area contributed by atoms with E-state index in [1.54, 1.807) is 0 Å². The van der Waals surface area contributed by atoms with E-state index in [1.165, 1.54) is 12.5 Å². The number of halogens is 1. The monoisotopic (exact) mass is 241 g/mol. The summed E-state index contributed by atoms with van der Waals surface area (Å²) < 4.78 is 5.00. The Balaban J connectivity index is 2.26. The fourth-order valence-corrected chi connectivity index (χ4v) is 1.51. The predicted octanol–water partition coefficient (Wildman–Crippen LogP) is 1.95. The molecule has 0 heterocycles. The van der Waals surface area contributed by atoms with Gasteiger partial charge in [0.2, 0.25) is 0 Å². The van der Waals surface area contributed by atoms with E-state index in [-0.39, 0.29) is 12.1 Å². The van der Waals surface area contributed by atoms with Crippen molar-refractivity contribution in [1.29, 1.82) is 0 Å². The Bertz CT molecular complexity index is 316. The molecule has 0 fully saturated rings. The molecular formula is C12H16ClNO2. The van der Waals surface area contributed by atoms with Gasteiger partial charge in [-0.05, 0) is 5.56 Å². The lowest BCUT2D eigenvalue weighted by Crippen LogP contribution is -2.31. The Morgan fingerprint density at radius 2 is 2.12 bits per heavy atom. The molecule has 1 aromatic rings. The molecule has 1 rings (SSSR count). The number of carbonyl (C=O) groups is 1. The number of hydrogen-bond acceptors (Lipinski definition) is 3. The van der Waals surface area contributed by atoms with Crippen LogP contribution in [0.4, 0.5) is 0 Å². The molecule has 0 saturated carbocycles. The lowest BCUT2D eigenvalue weighted by atomic mass is 10.2. The van der Waals surface area contributed by atoms with Crippen LogP contribution < -0.4 is 5.32 Å². The van der Waals surface area contributed by atoms with Crippen LogP contribution in [0.1, 0.15) is 12.5 Å². The molecule has 0 amide bonds. The number of alkyl halides is 1. The number of rotatable bonds is 6. The van der Waals surface area contributed by atoms with Gasteiger partial charge in [-0.3, -0.25) is 4.79 Å². The van der Waals surface area contributed by atoms with Crippen LogP contribution in [0, 0.1) is 0 Å². The van der Waals surface area contributed by atoms with Crippen LogP contribution in [0.5, 0.6) is 0 Å². The normalized spacial score (nSPS) is 12.1. The summed E-state index contributed by atoms with van der Waals surface area (Å²) in [6, 6.07) is 10.0. The van der Waals surface area contributed by atoms with E-state index in [1.807, 2.05) is 30.3 Å². The summed E-state index contributed by atoms with van der Waals surface area (Å²) in [6.45, 7) is 2.70. The zero-order valence-corrected chi connectivity index (χ0v) is 10.0. The van der Waals surface area contributed by atoms with Gasteiger partial charge in [0.05, 0.1) is 5.88 Å². The highest BCUT2D eigenvalue weighted by atomic mass is 35.5. The van der Waals surface area contributed by atoms with E-state index < -0.39 is 0 Å². The third-order valence-electron chi connectivity index (χ3n) is 2.05.